The number of hydrogen-bond donors (Lipinski definition) is 1. The molecule has 2 aromatic rings. The molecule has 0 atom stereocenters. The molecule has 0 aliphatic rings. The van der Waals surface area contributed by atoms with E-state index in [-0.39, 0.29) is 29.8 Å². The maximum Gasteiger partial charge on any atom is 0.273 e. The average molecular weight is 358 g/mol. The summed E-state index contributed by atoms with van der Waals surface area (Å²) in [6, 6.07) is 9.82. The molecule has 0 aliphatic carbocycles. The van der Waals surface area contributed by atoms with E-state index >= 15 is 0 Å². The zero-order chi connectivity index (χ0) is 19.3. The van der Waals surface area contributed by atoms with Gasteiger partial charge in [0.1, 0.15) is 0 Å². The van der Waals surface area contributed by atoms with Gasteiger partial charge in [-0.15, -0.1) is 0 Å². The molecule has 0 saturated heterocycles. The quantitative estimate of drug-likeness (QED) is 0.603. The Morgan fingerprint density at radius 3 is 2.54 bits per heavy atom. The molecule has 0 bridgehead atoms. The van der Waals surface area contributed by atoms with Crippen molar-refractivity contribution in [3.8, 4) is 11.5 Å². The predicted molar refractivity (Wildman–Crippen MR) is 97.8 cm³/mol. The summed E-state index contributed by atoms with van der Waals surface area (Å²) in [6.45, 7) is 5.74. The van der Waals surface area contributed by atoms with E-state index in [1.165, 1.54) is 6.07 Å². The molecular weight excluding hydrogens is 336 g/mol. The number of methoxy groups -OCH3 is 1. The van der Waals surface area contributed by atoms with E-state index in [0.717, 1.165) is 5.56 Å². The van der Waals surface area contributed by atoms with Crippen LogP contribution in [0.15, 0.2) is 36.4 Å². The summed E-state index contributed by atoms with van der Waals surface area (Å²) in [5.74, 6) is 0.831. The second-order valence-corrected chi connectivity index (χ2v) is 6.09. The van der Waals surface area contributed by atoms with Gasteiger partial charge in [0.05, 0.1) is 18.1 Å². The molecule has 0 aromatic heterocycles. The van der Waals surface area contributed by atoms with Crippen molar-refractivity contribution in [2.45, 2.75) is 33.4 Å². The SMILES string of the molecule is COc1cc(CNC(=O)c2ccc(C)c([N+](=O)[O-])c2)ccc1OC(C)C. The number of benzene rings is 2. The number of amides is 1. The van der Waals surface area contributed by atoms with Crippen LogP contribution in [0.1, 0.15) is 35.3 Å². The topological polar surface area (TPSA) is 90.7 Å². The van der Waals surface area contributed by atoms with Gasteiger partial charge in [-0.1, -0.05) is 12.1 Å². The molecule has 0 aliphatic heterocycles. The van der Waals surface area contributed by atoms with Crippen molar-refractivity contribution in [3.05, 3.63) is 63.2 Å². The summed E-state index contributed by atoms with van der Waals surface area (Å²) in [5.41, 5.74) is 1.51. The fraction of sp³-hybridized carbons (Fsp3) is 0.316. The normalized spacial score (nSPS) is 10.5. The molecule has 0 saturated carbocycles. The van der Waals surface area contributed by atoms with Gasteiger partial charge < -0.3 is 14.8 Å². The van der Waals surface area contributed by atoms with E-state index in [2.05, 4.69) is 5.32 Å². The van der Waals surface area contributed by atoms with Crippen LogP contribution < -0.4 is 14.8 Å². The van der Waals surface area contributed by atoms with Crippen molar-refractivity contribution in [2.24, 2.45) is 0 Å². The first-order valence-electron chi connectivity index (χ1n) is 8.18. The van der Waals surface area contributed by atoms with Crippen LogP contribution >= 0.6 is 0 Å². The number of carbonyl (C=O) groups excluding carboxylic acids is 1. The lowest BCUT2D eigenvalue weighted by Gasteiger charge is -2.14. The lowest BCUT2D eigenvalue weighted by Crippen LogP contribution is -2.23. The third-order valence-electron chi connectivity index (χ3n) is 3.71. The molecule has 138 valence electrons. The van der Waals surface area contributed by atoms with E-state index in [1.54, 1.807) is 38.3 Å². The van der Waals surface area contributed by atoms with E-state index in [9.17, 15) is 14.9 Å². The lowest BCUT2D eigenvalue weighted by molar-refractivity contribution is -0.385. The van der Waals surface area contributed by atoms with Crippen molar-refractivity contribution >= 4 is 11.6 Å². The lowest BCUT2D eigenvalue weighted by atomic mass is 10.1. The first-order chi connectivity index (χ1) is 12.3. The van der Waals surface area contributed by atoms with Crippen molar-refractivity contribution in [2.75, 3.05) is 7.11 Å². The van der Waals surface area contributed by atoms with E-state index in [0.29, 0.717) is 17.1 Å². The molecule has 0 heterocycles. The monoisotopic (exact) mass is 358 g/mol. The molecule has 26 heavy (non-hydrogen) atoms. The van der Waals surface area contributed by atoms with Crippen LogP contribution in [0.25, 0.3) is 0 Å². The molecule has 1 amide bonds. The minimum atomic E-state index is -0.496. The van der Waals surface area contributed by atoms with Gasteiger partial charge >= 0.3 is 0 Å². The molecule has 1 N–H and O–H groups in total. The highest BCUT2D eigenvalue weighted by atomic mass is 16.6. The Kier molecular flexibility index (Phi) is 6.16. The van der Waals surface area contributed by atoms with Crippen molar-refractivity contribution in [1.82, 2.24) is 5.32 Å². The maximum absolute atomic E-state index is 12.3. The fourth-order valence-electron chi connectivity index (χ4n) is 2.40. The van der Waals surface area contributed by atoms with Crippen LogP contribution in [0.5, 0.6) is 11.5 Å². The molecule has 2 rings (SSSR count). The average Bonchev–Trinajstić information content (AvgIpc) is 2.60. The first-order valence-corrected chi connectivity index (χ1v) is 8.18. The highest BCUT2D eigenvalue weighted by Gasteiger charge is 2.15. The van der Waals surface area contributed by atoms with Crippen LogP contribution in [-0.2, 0) is 6.54 Å². The number of nitro groups is 1. The first kappa shape index (κ1) is 19.2. The van der Waals surface area contributed by atoms with Crippen LogP contribution in [0.4, 0.5) is 5.69 Å². The number of rotatable bonds is 7. The number of nitrogens with zero attached hydrogens (tertiary/aromatic N) is 1. The third-order valence-corrected chi connectivity index (χ3v) is 3.71. The highest BCUT2D eigenvalue weighted by molar-refractivity contribution is 5.94. The Labute approximate surface area is 152 Å². The van der Waals surface area contributed by atoms with E-state index < -0.39 is 4.92 Å². The maximum atomic E-state index is 12.3. The largest absolute Gasteiger partial charge is 0.493 e. The highest BCUT2D eigenvalue weighted by Crippen LogP contribution is 2.29. The number of aryl methyl sites for hydroxylation is 1. The summed E-state index contributed by atoms with van der Waals surface area (Å²) in [4.78, 5) is 22.8. The zero-order valence-electron chi connectivity index (χ0n) is 15.2. The minimum Gasteiger partial charge on any atom is -0.493 e. The number of nitro benzene ring substituents is 1. The van der Waals surface area contributed by atoms with E-state index in [4.69, 9.17) is 9.47 Å². The van der Waals surface area contributed by atoms with Crippen LogP contribution in [0.3, 0.4) is 0 Å². The van der Waals surface area contributed by atoms with Gasteiger partial charge in [0.25, 0.3) is 11.6 Å². The number of carbonyl (C=O) groups is 1. The number of hydrogen-bond acceptors (Lipinski definition) is 5. The summed E-state index contributed by atoms with van der Waals surface area (Å²) in [6.07, 6.45) is 0.0202. The molecular formula is C19H22N2O5. The summed E-state index contributed by atoms with van der Waals surface area (Å²) in [7, 11) is 1.55. The standard InChI is InChI=1S/C19H22N2O5/c1-12(2)26-17-8-6-14(9-18(17)25-4)11-20-19(22)15-7-5-13(3)16(10-15)21(23)24/h5-10,12H,11H2,1-4H3,(H,20,22). The summed E-state index contributed by atoms with van der Waals surface area (Å²) in [5, 5.41) is 13.8. The Balaban J connectivity index is 2.10. The summed E-state index contributed by atoms with van der Waals surface area (Å²) < 4.78 is 11.0. The zero-order valence-corrected chi connectivity index (χ0v) is 15.2. The predicted octanol–water partition coefficient (Wildman–Crippen LogP) is 3.63. The molecule has 2 aromatic carbocycles. The van der Waals surface area contributed by atoms with Crippen molar-refractivity contribution < 1.29 is 19.2 Å². The number of ether oxygens (including phenoxy) is 2. The van der Waals surface area contributed by atoms with Gasteiger partial charge in [0.2, 0.25) is 0 Å². The van der Waals surface area contributed by atoms with Crippen molar-refractivity contribution in [1.29, 1.82) is 0 Å². The third kappa shape index (κ3) is 4.72. The van der Waals surface area contributed by atoms with E-state index in [1.807, 2.05) is 19.9 Å². The fourth-order valence-corrected chi connectivity index (χ4v) is 2.40. The summed E-state index contributed by atoms with van der Waals surface area (Å²) >= 11 is 0. The van der Waals surface area contributed by atoms with Crippen LogP contribution in [0.2, 0.25) is 0 Å². The second-order valence-electron chi connectivity index (χ2n) is 6.09. The van der Waals surface area contributed by atoms with Gasteiger partial charge in [0, 0.05) is 23.7 Å². The van der Waals surface area contributed by atoms with Crippen molar-refractivity contribution in [3.63, 3.8) is 0 Å². The number of nitrogens with one attached hydrogen (secondary N) is 1. The van der Waals surface area contributed by atoms with Gasteiger partial charge in [0.15, 0.2) is 11.5 Å². The van der Waals surface area contributed by atoms with Crippen LogP contribution in [-0.4, -0.2) is 24.0 Å². The second kappa shape index (κ2) is 8.33. The minimum absolute atomic E-state index is 0.0202. The van der Waals surface area contributed by atoms with Gasteiger partial charge in [-0.05, 0) is 44.5 Å². The van der Waals surface area contributed by atoms with Gasteiger partial charge in [-0.2, -0.15) is 0 Å². The van der Waals surface area contributed by atoms with Gasteiger partial charge in [-0.25, -0.2) is 0 Å². The molecule has 0 unspecified atom stereocenters. The Morgan fingerprint density at radius 1 is 1.19 bits per heavy atom. The van der Waals surface area contributed by atoms with Gasteiger partial charge in [-0.3, -0.25) is 14.9 Å². The molecule has 7 heteroatoms. The molecule has 0 radical (unpaired) electrons. The Bertz CT molecular complexity index is 818. The molecule has 7 nitrogen and oxygen atoms in total. The Hall–Kier alpha value is -3.09. The smallest absolute Gasteiger partial charge is 0.273 e. The molecule has 0 spiro atoms. The Morgan fingerprint density at radius 2 is 1.92 bits per heavy atom. The molecule has 0 fully saturated rings. The van der Waals surface area contributed by atoms with Crippen LogP contribution in [0, 0.1) is 17.0 Å².